The van der Waals surface area contributed by atoms with Crippen molar-refractivity contribution in [2.24, 2.45) is 0 Å². The third-order valence-electron chi connectivity index (χ3n) is 5.37. The van der Waals surface area contributed by atoms with Crippen LogP contribution in [0.1, 0.15) is 17.5 Å². The van der Waals surface area contributed by atoms with E-state index >= 15 is 0 Å². The van der Waals surface area contributed by atoms with Crippen molar-refractivity contribution in [3.8, 4) is 11.5 Å². The zero-order valence-electron chi connectivity index (χ0n) is 16.7. The molecule has 1 amide bonds. The molecule has 2 heterocycles. The number of rotatable bonds is 5. The zero-order valence-corrected chi connectivity index (χ0v) is 16.7. The molecule has 0 radical (unpaired) electrons. The minimum atomic E-state index is -0.302. The van der Waals surface area contributed by atoms with Crippen molar-refractivity contribution >= 4 is 11.7 Å². The van der Waals surface area contributed by atoms with Crippen molar-refractivity contribution in [3.05, 3.63) is 65.7 Å². The van der Waals surface area contributed by atoms with Gasteiger partial charge in [0.1, 0.15) is 18.1 Å². The summed E-state index contributed by atoms with van der Waals surface area (Å²) < 4.78 is 22.2. The fourth-order valence-electron chi connectivity index (χ4n) is 3.94. The second kappa shape index (κ2) is 8.57. The molecule has 2 aromatic carbocycles. The highest BCUT2D eigenvalue weighted by atomic mass is 16.6. The van der Waals surface area contributed by atoms with Crippen LogP contribution in [0.15, 0.2) is 54.6 Å². The molecule has 29 heavy (non-hydrogen) atoms. The first-order valence-corrected chi connectivity index (χ1v) is 9.69. The van der Waals surface area contributed by atoms with Gasteiger partial charge in [0, 0.05) is 11.6 Å². The van der Waals surface area contributed by atoms with Gasteiger partial charge in [0.15, 0.2) is 0 Å². The lowest BCUT2D eigenvalue weighted by molar-refractivity contribution is -0.0342. The molecule has 0 aliphatic carbocycles. The summed E-state index contributed by atoms with van der Waals surface area (Å²) in [6.45, 7) is 1.21. The molecular weight excluding hydrogens is 370 g/mol. The number of nitrogens with zero attached hydrogens (tertiary/aromatic N) is 1. The molecule has 0 spiro atoms. The first-order valence-electron chi connectivity index (χ1n) is 9.69. The van der Waals surface area contributed by atoms with Crippen LogP contribution in [0.5, 0.6) is 11.5 Å². The molecule has 2 aliphatic heterocycles. The van der Waals surface area contributed by atoms with Crippen molar-refractivity contribution in [2.45, 2.75) is 25.1 Å². The van der Waals surface area contributed by atoms with Gasteiger partial charge in [0.25, 0.3) is 0 Å². The molecular formula is C23H25NO5. The Hall–Kier alpha value is -2.99. The number of morpholine rings is 1. The number of fused-ring (bicyclic) bond motifs is 2. The maximum absolute atomic E-state index is 12.8. The van der Waals surface area contributed by atoms with Crippen LogP contribution in [0.25, 0.3) is 5.57 Å². The average Bonchev–Trinajstić information content (AvgIpc) is 2.76. The average molecular weight is 395 g/mol. The lowest BCUT2D eigenvalue weighted by atomic mass is 9.89. The predicted molar refractivity (Wildman–Crippen MR) is 109 cm³/mol. The number of carbonyl (C=O) groups excluding carboxylic acids is 1. The molecule has 6 heteroatoms. The summed E-state index contributed by atoms with van der Waals surface area (Å²) in [7, 11) is 3.29. The van der Waals surface area contributed by atoms with Crippen LogP contribution in [0.4, 0.5) is 4.79 Å². The summed E-state index contributed by atoms with van der Waals surface area (Å²) in [5, 5.41) is 0. The third-order valence-corrected chi connectivity index (χ3v) is 5.37. The number of carbonyl (C=O) groups is 1. The van der Waals surface area contributed by atoms with E-state index < -0.39 is 0 Å². The number of amides is 1. The van der Waals surface area contributed by atoms with Crippen molar-refractivity contribution in [1.82, 2.24) is 4.90 Å². The summed E-state index contributed by atoms with van der Waals surface area (Å²) in [6, 6.07) is 15.3. The summed E-state index contributed by atoms with van der Waals surface area (Å²) >= 11 is 0. The Labute approximate surface area is 170 Å². The highest BCUT2D eigenvalue weighted by molar-refractivity contribution is 5.77. The zero-order chi connectivity index (χ0) is 20.2. The lowest BCUT2D eigenvalue weighted by Gasteiger charge is -2.43. The predicted octanol–water partition coefficient (Wildman–Crippen LogP) is 3.90. The van der Waals surface area contributed by atoms with Crippen LogP contribution in [0.2, 0.25) is 0 Å². The molecule has 2 unspecified atom stereocenters. The van der Waals surface area contributed by atoms with Gasteiger partial charge in [-0.25, -0.2) is 4.79 Å². The minimum absolute atomic E-state index is 0.0659. The van der Waals surface area contributed by atoms with E-state index in [1.165, 1.54) is 0 Å². The SMILES string of the molecule is COc1ccc(C2=CC3COCC(C2)N3C(=O)OCc2ccccc2)c(OC)c1. The fraction of sp³-hybridized carbons (Fsp3) is 0.348. The van der Waals surface area contributed by atoms with Crippen LogP contribution in [0.3, 0.4) is 0 Å². The van der Waals surface area contributed by atoms with Crippen molar-refractivity contribution in [1.29, 1.82) is 0 Å². The largest absolute Gasteiger partial charge is 0.497 e. The fourth-order valence-corrected chi connectivity index (χ4v) is 3.94. The van der Waals surface area contributed by atoms with Gasteiger partial charge in [0.05, 0.1) is 39.5 Å². The smallest absolute Gasteiger partial charge is 0.411 e. The number of ether oxygens (including phenoxy) is 4. The van der Waals surface area contributed by atoms with Gasteiger partial charge < -0.3 is 18.9 Å². The highest BCUT2D eigenvalue weighted by Gasteiger charge is 2.39. The van der Waals surface area contributed by atoms with Gasteiger partial charge in [-0.15, -0.1) is 0 Å². The van der Waals surface area contributed by atoms with Gasteiger partial charge in [-0.1, -0.05) is 36.4 Å². The molecule has 2 aromatic rings. The maximum Gasteiger partial charge on any atom is 0.411 e. The number of methoxy groups -OCH3 is 2. The summed E-state index contributed by atoms with van der Waals surface area (Å²) in [5.74, 6) is 1.51. The quantitative estimate of drug-likeness (QED) is 0.769. The standard InChI is InChI=1S/C23H25NO5/c1-26-20-8-9-21(22(12-20)27-2)17-10-18-14-28-15-19(11-17)24(18)23(25)29-13-16-6-4-3-5-7-16/h3-10,12,18-19H,11,13-15H2,1-2H3. The number of hydrogen-bond acceptors (Lipinski definition) is 5. The molecule has 2 aliphatic rings. The van der Waals surface area contributed by atoms with Crippen LogP contribution in [-0.2, 0) is 16.1 Å². The third kappa shape index (κ3) is 4.07. The van der Waals surface area contributed by atoms with E-state index in [0.717, 1.165) is 28.2 Å². The molecule has 0 saturated carbocycles. The first kappa shape index (κ1) is 19.3. The van der Waals surface area contributed by atoms with Gasteiger partial charge in [0.2, 0.25) is 0 Å². The summed E-state index contributed by atoms with van der Waals surface area (Å²) in [4.78, 5) is 14.6. The second-order valence-corrected chi connectivity index (χ2v) is 7.17. The normalized spacial score (nSPS) is 20.6. The molecule has 1 fully saturated rings. The Kier molecular flexibility index (Phi) is 5.71. The maximum atomic E-state index is 12.8. The minimum Gasteiger partial charge on any atom is -0.497 e. The van der Waals surface area contributed by atoms with E-state index in [0.29, 0.717) is 19.6 Å². The Balaban J connectivity index is 1.53. The van der Waals surface area contributed by atoms with Crippen molar-refractivity contribution in [2.75, 3.05) is 27.4 Å². The molecule has 4 rings (SSSR count). The van der Waals surface area contributed by atoms with Crippen molar-refractivity contribution in [3.63, 3.8) is 0 Å². The first-order chi connectivity index (χ1) is 14.2. The van der Waals surface area contributed by atoms with Gasteiger partial charge in [-0.3, -0.25) is 4.90 Å². The van der Waals surface area contributed by atoms with E-state index in [-0.39, 0.29) is 24.8 Å². The number of benzene rings is 2. The van der Waals surface area contributed by atoms with Crippen molar-refractivity contribution < 1.29 is 23.7 Å². The molecule has 152 valence electrons. The van der Waals surface area contributed by atoms with Crippen LogP contribution in [-0.4, -0.2) is 50.5 Å². The molecule has 6 nitrogen and oxygen atoms in total. The van der Waals surface area contributed by atoms with E-state index in [9.17, 15) is 4.79 Å². The Morgan fingerprint density at radius 1 is 1.10 bits per heavy atom. The molecule has 1 saturated heterocycles. The summed E-state index contributed by atoms with van der Waals surface area (Å²) in [5.41, 5.74) is 3.14. The molecule has 0 aromatic heterocycles. The van der Waals surface area contributed by atoms with Gasteiger partial charge in [-0.2, -0.15) is 0 Å². The van der Waals surface area contributed by atoms with Crippen LogP contribution < -0.4 is 9.47 Å². The van der Waals surface area contributed by atoms with E-state index in [1.807, 2.05) is 53.4 Å². The van der Waals surface area contributed by atoms with E-state index in [1.54, 1.807) is 14.2 Å². The molecule has 2 atom stereocenters. The van der Waals surface area contributed by atoms with Gasteiger partial charge in [-0.05, 0) is 29.7 Å². The van der Waals surface area contributed by atoms with Crippen LogP contribution in [0, 0.1) is 0 Å². The van der Waals surface area contributed by atoms with Gasteiger partial charge >= 0.3 is 6.09 Å². The Bertz CT molecular complexity index is 895. The second-order valence-electron chi connectivity index (χ2n) is 7.17. The van der Waals surface area contributed by atoms with E-state index in [2.05, 4.69) is 6.08 Å². The topological polar surface area (TPSA) is 57.2 Å². The van der Waals surface area contributed by atoms with Crippen LogP contribution >= 0.6 is 0 Å². The molecule has 0 N–H and O–H groups in total. The summed E-state index contributed by atoms with van der Waals surface area (Å²) in [6.07, 6.45) is 2.47. The number of hydrogen-bond donors (Lipinski definition) is 0. The Morgan fingerprint density at radius 2 is 1.93 bits per heavy atom. The molecule has 2 bridgehead atoms. The Morgan fingerprint density at radius 3 is 2.66 bits per heavy atom. The lowest BCUT2D eigenvalue weighted by Crippen LogP contribution is -2.56. The monoisotopic (exact) mass is 395 g/mol. The van der Waals surface area contributed by atoms with E-state index in [4.69, 9.17) is 18.9 Å². The highest BCUT2D eigenvalue weighted by Crippen LogP contribution is 2.38.